The van der Waals surface area contributed by atoms with Gasteiger partial charge in [-0.2, -0.15) is 13.2 Å². The van der Waals surface area contributed by atoms with Gasteiger partial charge >= 0.3 is 6.18 Å². The molecule has 1 aliphatic carbocycles. The molecule has 0 bridgehead atoms. The number of piperazine rings is 1. The van der Waals surface area contributed by atoms with Crippen molar-refractivity contribution >= 4 is 28.8 Å². The largest absolute Gasteiger partial charge is 0.392 e. The van der Waals surface area contributed by atoms with Gasteiger partial charge in [0.2, 0.25) is 5.91 Å². The molecule has 2 heterocycles. The maximum absolute atomic E-state index is 13.2. The molecule has 0 spiro atoms. The van der Waals surface area contributed by atoms with E-state index in [0.717, 1.165) is 15.8 Å². The van der Waals surface area contributed by atoms with Crippen molar-refractivity contribution in [1.82, 2.24) is 9.80 Å². The molecule has 1 saturated heterocycles. The first kappa shape index (κ1) is 19.0. The Morgan fingerprint density at radius 1 is 1.16 bits per heavy atom. The fourth-order valence-electron chi connectivity index (χ4n) is 3.84. The van der Waals surface area contributed by atoms with Crippen LogP contribution < -0.4 is 0 Å². The van der Waals surface area contributed by atoms with Crippen molar-refractivity contribution in [2.24, 2.45) is 11.8 Å². The molecule has 3 rings (SSSR count). The quantitative estimate of drug-likeness (QED) is 0.757. The van der Waals surface area contributed by atoms with Gasteiger partial charge in [-0.3, -0.25) is 9.69 Å². The second-order valence-corrected chi connectivity index (χ2v) is 8.65. The number of halogens is 4. The van der Waals surface area contributed by atoms with E-state index in [2.05, 4.69) is 4.90 Å². The molecule has 0 radical (unpaired) electrons. The Labute approximate surface area is 154 Å². The summed E-state index contributed by atoms with van der Waals surface area (Å²) in [4.78, 5) is 17.7. The molecule has 1 aliphatic heterocycles. The third-order valence-electron chi connectivity index (χ3n) is 5.20. The number of nitrogens with zero attached hydrogens (tertiary/aromatic N) is 2. The molecule has 2 aliphatic rings. The molecule has 2 unspecified atom stereocenters. The average Bonchev–Trinajstić information content (AvgIpc) is 2.99. The Kier molecular flexibility index (Phi) is 5.96. The van der Waals surface area contributed by atoms with Crippen molar-refractivity contribution < 1.29 is 18.0 Å². The lowest BCUT2D eigenvalue weighted by Gasteiger charge is -2.39. The molecular weight excluding hydrogens is 373 g/mol. The van der Waals surface area contributed by atoms with Crippen LogP contribution in [0.2, 0.25) is 4.34 Å². The van der Waals surface area contributed by atoms with Crippen molar-refractivity contribution in [1.29, 1.82) is 0 Å². The lowest BCUT2D eigenvalue weighted by molar-refractivity contribution is -0.201. The van der Waals surface area contributed by atoms with Crippen molar-refractivity contribution in [2.45, 2.75) is 38.4 Å². The molecule has 1 saturated carbocycles. The fraction of sp³-hybridized carbons (Fsp3) is 0.706. The second-order valence-electron chi connectivity index (χ2n) is 6.85. The second kappa shape index (κ2) is 7.84. The van der Waals surface area contributed by atoms with Crippen molar-refractivity contribution in [3.63, 3.8) is 0 Å². The monoisotopic (exact) mass is 394 g/mol. The van der Waals surface area contributed by atoms with Crippen molar-refractivity contribution in [3.8, 4) is 0 Å². The summed E-state index contributed by atoms with van der Waals surface area (Å²) < 4.78 is 40.5. The van der Waals surface area contributed by atoms with Gasteiger partial charge in [0, 0.05) is 43.5 Å². The lowest BCUT2D eigenvalue weighted by Crippen LogP contribution is -2.52. The van der Waals surface area contributed by atoms with E-state index in [4.69, 9.17) is 11.6 Å². The minimum Gasteiger partial charge on any atom is -0.340 e. The highest BCUT2D eigenvalue weighted by Gasteiger charge is 2.49. The van der Waals surface area contributed by atoms with Crippen LogP contribution in [-0.4, -0.2) is 48.1 Å². The zero-order chi connectivity index (χ0) is 18.0. The zero-order valence-electron chi connectivity index (χ0n) is 13.9. The molecule has 25 heavy (non-hydrogen) atoms. The van der Waals surface area contributed by atoms with Gasteiger partial charge in [0.05, 0.1) is 10.3 Å². The Hall–Kier alpha value is -0.790. The molecule has 140 valence electrons. The van der Waals surface area contributed by atoms with Crippen molar-refractivity contribution in [3.05, 3.63) is 21.3 Å². The van der Waals surface area contributed by atoms with Crippen LogP contribution in [0.4, 0.5) is 13.2 Å². The van der Waals surface area contributed by atoms with Crippen LogP contribution in [0.1, 0.15) is 30.6 Å². The van der Waals surface area contributed by atoms with E-state index in [0.29, 0.717) is 45.4 Å². The number of thiophene rings is 1. The third-order valence-corrected chi connectivity index (χ3v) is 6.41. The molecular formula is C17H22ClF3N2OS. The SMILES string of the molecule is O=C(C1CCCCC1C(F)(F)F)N1CCN(Cc2ccc(Cl)s2)CC1. The average molecular weight is 395 g/mol. The Morgan fingerprint density at radius 3 is 2.44 bits per heavy atom. The number of alkyl halides is 3. The number of hydrogen-bond acceptors (Lipinski definition) is 3. The lowest BCUT2D eigenvalue weighted by atomic mass is 9.78. The van der Waals surface area contributed by atoms with Gasteiger partial charge < -0.3 is 4.90 Å². The first-order valence-electron chi connectivity index (χ1n) is 8.66. The summed E-state index contributed by atoms with van der Waals surface area (Å²) in [6.07, 6.45) is -2.57. The van der Waals surface area contributed by atoms with Crippen LogP contribution in [0.15, 0.2) is 12.1 Å². The maximum Gasteiger partial charge on any atom is 0.392 e. The standard InChI is InChI=1S/C17H22ClF3N2OS/c18-15-6-5-12(25-15)11-22-7-9-23(10-8-22)16(24)13-3-1-2-4-14(13)17(19,20)21/h5-6,13-14H,1-4,7-11H2. The van der Waals surface area contributed by atoms with Crippen LogP contribution in [0, 0.1) is 11.8 Å². The summed E-state index contributed by atoms with van der Waals surface area (Å²) in [6, 6.07) is 3.85. The van der Waals surface area contributed by atoms with E-state index in [9.17, 15) is 18.0 Å². The van der Waals surface area contributed by atoms with Crippen LogP contribution in [0.25, 0.3) is 0 Å². The molecule has 2 atom stereocenters. The predicted octanol–water partition coefficient (Wildman–Crippen LogP) is 4.41. The van der Waals surface area contributed by atoms with Gasteiger partial charge in [-0.25, -0.2) is 0 Å². The van der Waals surface area contributed by atoms with E-state index in [1.165, 1.54) is 11.3 Å². The molecule has 8 heteroatoms. The van der Waals surface area contributed by atoms with E-state index in [1.54, 1.807) is 4.90 Å². The van der Waals surface area contributed by atoms with Crippen LogP contribution >= 0.6 is 22.9 Å². The molecule has 3 nitrogen and oxygen atoms in total. The van der Waals surface area contributed by atoms with Crippen LogP contribution in [-0.2, 0) is 11.3 Å². The van der Waals surface area contributed by atoms with Crippen molar-refractivity contribution in [2.75, 3.05) is 26.2 Å². The number of hydrogen-bond donors (Lipinski definition) is 0. The van der Waals surface area contributed by atoms with E-state index < -0.39 is 18.0 Å². The Balaban J connectivity index is 1.55. The number of amides is 1. The highest BCUT2D eigenvalue weighted by Crippen LogP contribution is 2.42. The highest BCUT2D eigenvalue weighted by atomic mass is 35.5. The molecule has 2 fully saturated rings. The summed E-state index contributed by atoms with van der Waals surface area (Å²) in [5.74, 6) is -2.67. The smallest absolute Gasteiger partial charge is 0.340 e. The van der Waals surface area contributed by atoms with Crippen LogP contribution in [0.3, 0.4) is 0 Å². The van der Waals surface area contributed by atoms with Gasteiger partial charge in [-0.05, 0) is 25.0 Å². The number of rotatable bonds is 3. The number of carbonyl (C=O) groups is 1. The highest BCUT2D eigenvalue weighted by molar-refractivity contribution is 7.16. The maximum atomic E-state index is 13.2. The van der Waals surface area contributed by atoms with E-state index >= 15 is 0 Å². The normalized spacial score (nSPS) is 26.0. The zero-order valence-corrected chi connectivity index (χ0v) is 15.5. The minimum atomic E-state index is -4.28. The molecule has 1 aromatic heterocycles. The topological polar surface area (TPSA) is 23.6 Å². The molecule has 0 N–H and O–H groups in total. The van der Waals surface area contributed by atoms with Crippen LogP contribution in [0.5, 0.6) is 0 Å². The first-order chi connectivity index (χ1) is 11.8. The Morgan fingerprint density at radius 2 is 1.84 bits per heavy atom. The first-order valence-corrected chi connectivity index (χ1v) is 9.86. The number of carbonyl (C=O) groups excluding carboxylic acids is 1. The summed E-state index contributed by atoms with van der Waals surface area (Å²) in [7, 11) is 0. The molecule has 0 aromatic carbocycles. The fourth-order valence-corrected chi connectivity index (χ4v) is 4.97. The summed E-state index contributed by atoms with van der Waals surface area (Å²) in [5, 5.41) is 0. The van der Waals surface area contributed by atoms with Gasteiger partial charge in [0.1, 0.15) is 0 Å². The summed E-state index contributed by atoms with van der Waals surface area (Å²) >= 11 is 7.47. The van der Waals surface area contributed by atoms with Gasteiger partial charge in [0.15, 0.2) is 0 Å². The minimum absolute atomic E-state index is 0.0824. The summed E-state index contributed by atoms with van der Waals surface area (Å²) in [6.45, 7) is 3.14. The predicted molar refractivity (Wildman–Crippen MR) is 92.7 cm³/mol. The molecule has 1 aromatic rings. The van der Waals surface area contributed by atoms with E-state index in [-0.39, 0.29) is 12.3 Å². The summed E-state index contributed by atoms with van der Waals surface area (Å²) in [5.41, 5.74) is 0. The third kappa shape index (κ3) is 4.68. The molecule has 1 amide bonds. The van der Waals surface area contributed by atoms with Gasteiger partial charge in [0.25, 0.3) is 0 Å². The Bertz CT molecular complexity index is 599. The van der Waals surface area contributed by atoms with E-state index in [1.807, 2.05) is 12.1 Å². The van der Waals surface area contributed by atoms with Gasteiger partial charge in [-0.1, -0.05) is 24.4 Å². The van der Waals surface area contributed by atoms with Gasteiger partial charge in [-0.15, -0.1) is 11.3 Å².